The van der Waals surface area contributed by atoms with Gasteiger partial charge >= 0.3 is 0 Å². The van der Waals surface area contributed by atoms with Crippen molar-refractivity contribution in [3.05, 3.63) is 34.1 Å². The van der Waals surface area contributed by atoms with Crippen molar-refractivity contribution in [1.29, 1.82) is 0 Å². The zero-order chi connectivity index (χ0) is 13.3. The molecular weight excluding hydrogens is 293 g/mol. The zero-order valence-corrected chi connectivity index (χ0v) is 12.6. The summed E-state index contributed by atoms with van der Waals surface area (Å²) in [7, 11) is 0. The Balaban J connectivity index is 2.09. The summed E-state index contributed by atoms with van der Waals surface area (Å²) in [4.78, 5) is 0. The monoisotopic (exact) mass is 313 g/mol. The lowest BCUT2D eigenvalue weighted by Gasteiger charge is -2.32. The third-order valence-corrected chi connectivity index (χ3v) is 4.82. The normalized spacial score (nSPS) is 24.2. The molecule has 100 valence electrons. The second-order valence-electron chi connectivity index (χ2n) is 6.09. The van der Waals surface area contributed by atoms with Gasteiger partial charge in [0.1, 0.15) is 5.82 Å². The third kappa shape index (κ3) is 2.94. The van der Waals surface area contributed by atoms with Crippen LogP contribution in [0.1, 0.15) is 38.7 Å². The van der Waals surface area contributed by atoms with Crippen LogP contribution in [0.3, 0.4) is 0 Å². The fourth-order valence-electron chi connectivity index (χ4n) is 3.23. The maximum absolute atomic E-state index is 13.8. The Labute approximate surface area is 117 Å². The predicted octanol–water partition coefficient (Wildman–Crippen LogP) is 4.28. The molecule has 0 aliphatic heterocycles. The van der Waals surface area contributed by atoms with Crippen LogP contribution < -0.4 is 5.73 Å². The van der Waals surface area contributed by atoms with E-state index in [9.17, 15) is 4.39 Å². The van der Waals surface area contributed by atoms with Gasteiger partial charge in [-0.2, -0.15) is 0 Å². The van der Waals surface area contributed by atoms with Crippen LogP contribution in [-0.4, -0.2) is 6.04 Å². The summed E-state index contributed by atoms with van der Waals surface area (Å²) in [6.45, 7) is 4.56. The molecule has 1 fully saturated rings. The summed E-state index contributed by atoms with van der Waals surface area (Å²) in [6, 6.07) is 5.28. The Morgan fingerprint density at radius 2 is 2.22 bits per heavy atom. The predicted molar refractivity (Wildman–Crippen MR) is 76.9 cm³/mol. The van der Waals surface area contributed by atoms with Crippen LogP contribution in [0.2, 0.25) is 0 Å². The first-order chi connectivity index (χ1) is 8.40. The van der Waals surface area contributed by atoms with E-state index in [0.717, 1.165) is 10.0 Å². The van der Waals surface area contributed by atoms with E-state index in [1.807, 2.05) is 12.1 Å². The van der Waals surface area contributed by atoms with Gasteiger partial charge in [-0.15, -0.1) is 0 Å². The lowest BCUT2D eigenvalue weighted by atomic mass is 9.76. The lowest BCUT2D eigenvalue weighted by Crippen LogP contribution is -2.38. The number of hydrogen-bond donors (Lipinski definition) is 1. The van der Waals surface area contributed by atoms with Gasteiger partial charge in [0.2, 0.25) is 0 Å². The van der Waals surface area contributed by atoms with Crippen molar-refractivity contribution < 1.29 is 4.39 Å². The van der Waals surface area contributed by atoms with Crippen molar-refractivity contribution in [1.82, 2.24) is 0 Å². The fourth-order valence-corrected chi connectivity index (χ4v) is 3.56. The van der Waals surface area contributed by atoms with Gasteiger partial charge in [0.25, 0.3) is 0 Å². The van der Waals surface area contributed by atoms with Crippen LogP contribution in [0, 0.1) is 17.2 Å². The van der Waals surface area contributed by atoms with E-state index in [1.165, 1.54) is 25.3 Å². The van der Waals surface area contributed by atoms with Crippen molar-refractivity contribution in [2.24, 2.45) is 17.1 Å². The molecule has 1 saturated carbocycles. The minimum atomic E-state index is -0.157. The molecule has 0 heterocycles. The summed E-state index contributed by atoms with van der Waals surface area (Å²) in [5.41, 5.74) is 7.34. The maximum atomic E-state index is 13.8. The smallest absolute Gasteiger partial charge is 0.127 e. The van der Waals surface area contributed by atoms with Crippen LogP contribution >= 0.6 is 15.9 Å². The quantitative estimate of drug-likeness (QED) is 0.885. The van der Waals surface area contributed by atoms with E-state index in [2.05, 4.69) is 29.8 Å². The van der Waals surface area contributed by atoms with Gasteiger partial charge in [0.15, 0.2) is 0 Å². The molecule has 0 bridgehead atoms. The molecule has 1 aromatic rings. The fraction of sp³-hybridized carbons (Fsp3) is 0.600. The van der Waals surface area contributed by atoms with Crippen molar-refractivity contribution in [3.63, 3.8) is 0 Å². The molecule has 0 saturated heterocycles. The van der Waals surface area contributed by atoms with E-state index in [0.29, 0.717) is 17.8 Å². The van der Waals surface area contributed by atoms with Gasteiger partial charge in [0, 0.05) is 10.5 Å². The Morgan fingerprint density at radius 3 is 2.78 bits per heavy atom. The van der Waals surface area contributed by atoms with E-state index >= 15 is 0 Å². The summed E-state index contributed by atoms with van der Waals surface area (Å²) in [6.07, 6.45) is 4.28. The largest absolute Gasteiger partial charge is 0.327 e. The Kier molecular flexibility index (Phi) is 4.12. The molecule has 2 rings (SSSR count). The van der Waals surface area contributed by atoms with Crippen LogP contribution in [0.15, 0.2) is 22.7 Å². The molecule has 1 aromatic carbocycles. The van der Waals surface area contributed by atoms with Crippen molar-refractivity contribution in [3.8, 4) is 0 Å². The molecule has 1 aliphatic carbocycles. The molecule has 2 N–H and O–H groups in total. The standard InChI is InChI=1S/C15H21BrFN/c1-15(2)7-3-4-12(15)14(18)8-10-5-6-11(16)9-13(10)17/h5-6,9,12,14H,3-4,7-8,18H2,1-2H3. The zero-order valence-electron chi connectivity index (χ0n) is 11.0. The molecule has 2 unspecified atom stereocenters. The molecule has 2 atom stereocenters. The van der Waals surface area contributed by atoms with Gasteiger partial charge < -0.3 is 5.73 Å². The van der Waals surface area contributed by atoms with Gasteiger partial charge in [-0.1, -0.05) is 42.3 Å². The lowest BCUT2D eigenvalue weighted by molar-refractivity contribution is 0.219. The SMILES string of the molecule is CC1(C)CCCC1C(N)Cc1ccc(Br)cc1F. The van der Waals surface area contributed by atoms with Gasteiger partial charge in [-0.25, -0.2) is 4.39 Å². The summed E-state index contributed by atoms with van der Waals surface area (Å²) >= 11 is 3.28. The van der Waals surface area contributed by atoms with Crippen LogP contribution in [0.4, 0.5) is 4.39 Å². The summed E-state index contributed by atoms with van der Waals surface area (Å²) in [5, 5.41) is 0. The third-order valence-electron chi connectivity index (χ3n) is 4.33. The van der Waals surface area contributed by atoms with Crippen LogP contribution in [0.25, 0.3) is 0 Å². The molecule has 0 spiro atoms. The van der Waals surface area contributed by atoms with E-state index in [1.54, 1.807) is 0 Å². The minimum absolute atomic E-state index is 0.0539. The van der Waals surface area contributed by atoms with E-state index in [4.69, 9.17) is 5.73 Å². The highest BCUT2D eigenvalue weighted by molar-refractivity contribution is 9.10. The number of rotatable bonds is 3. The highest BCUT2D eigenvalue weighted by atomic mass is 79.9. The highest BCUT2D eigenvalue weighted by Crippen LogP contribution is 2.44. The highest BCUT2D eigenvalue weighted by Gasteiger charge is 2.38. The molecule has 0 amide bonds. The average molecular weight is 314 g/mol. The summed E-state index contributed by atoms with van der Waals surface area (Å²) < 4.78 is 14.6. The van der Waals surface area contributed by atoms with Crippen molar-refractivity contribution in [2.75, 3.05) is 0 Å². The minimum Gasteiger partial charge on any atom is -0.327 e. The first kappa shape index (κ1) is 14.0. The Morgan fingerprint density at radius 1 is 1.50 bits per heavy atom. The van der Waals surface area contributed by atoms with Gasteiger partial charge in [-0.3, -0.25) is 0 Å². The summed E-state index contributed by atoms with van der Waals surface area (Å²) in [5.74, 6) is 0.344. The average Bonchev–Trinajstić information content (AvgIpc) is 2.62. The number of benzene rings is 1. The maximum Gasteiger partial charge on any atom is 0.127 e. The molecule has 0 radical (unpaired) electrons. The topological polar surface area (TPSA) is 26.0 Å². The van der Waals surface area contributed by atoms with Crippen molar-refractivity contribution in [2.45, 2.75) is 45.6 Å². The van der Waals surface area contributed by atoms with Crippen molar-refractivity contribution >= 4 is 15.9 Å². The Bertz CT molecular complexity index is 431. The van der Waals surface area contributed by atoms with Gasteiger partial charge in [-0.05, 0) is 48.3 Å². The molecule has 0 aromatic heterocycles. The molecular formula is C15H21BrFN. The first-order valence-corrected chi connectivity index (χ1v) is 7.39. The molecule has 1 aliphatic rings. The number of nitrogens with two attached hydrogens (primary N) is 1. The number of hydrogen-bond acceptors (Lipinski definition) is 1. The first-order valence-electron chi connectivity index (χ1n) is 6.59. The Hall–Kier alpha value is -0.410. The van der Waals surface area contributed by atoms with Crippen LogP contribution in [0.5, 0.6) is 0 Å². The van der Waals surface area contributed by atoms with E-state index < -0.39 is 0 Å². The van der Waals surface area contributed by atoms with Gasteiger partial charge in [0.05, 0.1) is 0 Å². The second-order valence-corrected chi connectivity index (χ2v) is 7.01. The van der Waals surface area contributed by atoms with Crippen LogP contribution in [-0.2, 0) is 6.42 Å². The number of halogens is 2. The molecule has 18 heavy (non-hydrogen) atoms. The molecule has 3 heteroatoms. The second kappa shape index (κ2) is 5.30. The van der Waals surface area contributed by atoms with E-state index in [-0.39, 0.29) is 11.9 Å². The molecule has 1 nitrogen and oxygen atoms in total.